The normalized spacial score (nSPS) is 14.3. The van der Waals surface area contributed by atoms with E-state index in [2.05, 4.69) is 4.74 Å². The fraction of sp³-hybridized carbons (Fsp3) is 0.455. The van der Waals surface area contributed by atoms with Crippen molar-refractivity contribution in [1.82, 2.24) is 0 Å². The van der Waals surface area contributed by atoms with Crippen molar-refractivity contribution in [3.8, 4) is 5.75 Å². The van der Waals surface area contributed by atoms with Gasteiger partial charge in [-0.3, -0.25) is 0 Å². The molecular weight excluding hydrogens is 276 g/mol. The summed E-state index contributed by atoms with van der Waals surface area (Å²) >= 11 is 0. The summed E-state index contributed by atoms with van der Waals surface area (Å²) in [7, 11) is 1.07. The molecule has 0 aliphatic rings. The zero-order valence-electron chi connectivity index (χ0n) is 9.77. The van der Waals surface area contributed by atoms with E-state index < -0.39 is 30.4 Å². The number of ether oxygens (including phenoxy) is 1. The summed E-state index contributed by atoms with van der Waals surface area (Å²) in [4.78, 5) is 0. The molecule has 1 aromatic carbocycles. The molecule has 0 spiro atoms. The summed E-state index contributed by atoms with van der Waals surface area (Å²) in [6.45, 7) is 0. The van der Waals surface area contributed by atoms with Crippen molar-refractivity contribution in [2.24, 2.45) is 5.73 Å². The van der Waals surface area contributed by atoms with E-state index >= 15 is 0 Å². The second kappa shape index (κ2) is 5.28. The summed E-state index contributed by atoms with van der Waals surface area (Å²) < 4.78 is 78.6. The molecule has 2 N–H and O–H groups in total. The van der Waals surface area contributed by atoms with Crippen molar-refractivity contribution in [3.05, 3.63) is 29.3 Å². The Morgan fingerprint density at radius 2 is 1.74 bits per heavy atom. The summed E-state index contributed by atoms with van der Waals surface area (Å²) in [5.41, 5.74) is 4.21. The van der Waals surface area contributed by atoms with Crippen molar-refractivity contribution in [3.63, 3.8) is 0 Å². The van der Waals surface area contributed by atoms with E-state index in [1.165, 1.54) is 0 Å². The minimum atomic E-state index is -4.60. The Morgan fingerprint density at radius 3 is 2.16 bits per heavy atom. The number of halogens is 6. The van der Waals surface area contributed by atoms with Crippen molar-refractivity contribution >= 4 is 0 Å². The van der Waals surface area contributed by atoms with Crippen LogP contribution in [0, 0.1) is 0 Å². The van der Waals surface area contributed by atoms with Gasteiger partial charge in [-0.2, -0.15) is 26.3 Å². The maximum absolute atomic E-state index is 12.4. The number of rotatable bonds is 3. The fourth-order valence-corrected chi connectivity index (χ4v) is 1.55. The minimum absolute atomic E-state index is 0.118. The molecule has 0 heterocycles. The van der Waals surface area contributed by atoms with Gasteiger partial charge in [-0.15, -0.1) is 0 Å². The molecule has 0 aromatic heterocycles. The molecule has 19 heavy (non-hydrogen) atoms. The van der Waals surface area contributed by atoms with Crippen molar-refractivity contribution in [2.45, 2.75) is 24.8 Å². The van der Waals surface area contributed by atoms with Crippen LogP contribution in [0.25, 0.3) is 0 Å². The maximum atomic E-state index is 12.4. The Kier molecular flexibility index (Phi) is 4.34. The molecule has 1 atom stereocenters. The van der Waals surface area contributed by atoms with Crippen LogP contribution in [0.5, 0.6) is 5.75 Å². The highest BCUT2D eigenvalue weighted by Crippen LogP contribution is 2.37. The van der Waals surface area contributed by atoms with Crippen LogP contribution in [0.15, 0.2) is 18.2 Å². The van der Waals surface area contributed by atoms with E-state index in [4.69, 9.17) is 5.73 Å². The van der Waals surface area contributed by atoms with E-state index in [-0.39, 0.29) is 11.3 Å². The standard InChI is InChI=1S/C11H11F6NO/c1-19-9-4-6(11(15,16)17)2-3-7(9)8(18)5-10(12,13)14/h2-4,8H,5,18H2,1H3/t8-/m0/s1. The average molecular weight is 287 g/mol. The van der Waals surface area contributed by atoms with Crippen LogP contribution in [0.3, 0.4) is 0 Å². The average Bonchev–Trinajstić information content (AvgIpc) is 2.24. The molecule has 0 unspecified atom stereocenters. The first-order chi connectivity index (χ1) is 8.54. The SMILES string of the molecule is COc1cc(C(F)(F)F)ccc1[C@@H](N)CC(F)(F)F. The van der Waals surface area contributed by atoms with Gasteiger partial charge < -0.3 is 10.5 Å². The highest BCUT2D eigenvalue weighted by molar-refractivity contribution is 5.40. The summed E-state index contributed by atoms with van der Waals surface area (Å²) in [5, 5.41) is 0. The first kappa shape index (κ1) is 15.6. The van der Waals surface area contributed by atoms with Crippen molar-refractivity contribution in [2.75, 3.05) is 7.11 Å². The monoisotopic (exact) mass is 287 g/mol. The van der Waals surface area contributed by atoms with Crippen LogP contribution in [-0.2, 0) is 6.18 Å². The first-order valence-electron chi connectivity index (χ1n) is 5.12. The van der Waals surface area contributed by atoms with Gasteiger partial charge in [0, 0.05) is 11.6 Å². The van der Waals surface area contributed by atoms with Crippen LogP contribution in [0.4, 0.5) is 26.3 Å². The topological polar surface area (TPSA) is 35.2 Å². The lowest BCUT2D eigenvalue weighted by Gasteiger charge is -2.18. The Bertz CT molecular complexity index is 440. The van der Waals surface area contributed by atoms with E-state index in [1.54, 1.807) is 0 Å². The van der Waals surface area contributed by atoms with E-state index in [0.29, 0.717) is 12.1 Å². The Balaban J connectivity index is 3.09. The lowest BCUT2D eigenvalue weighted by molar-refractivity contribution is -0.139. The molecule has 0 saturated heterocycles. The summed E-state index contributed by atoms with van der Waals surface area (Å²) in [6, 6.07) is 0.731. The molecule has 0 bridgehead atoms. The van der Waals surface area contributed by atoms with Gasteiger partial charge in [-0.05, 0) is 12.1 Å². The van der Waals surface area contributed by atoms with Gasteiger partial charge in [-0.1, -0.05) is 6.07 Å². The Labute approximate surface area is 105 Å². The van der Waals surface area contributed by atoms with Gasteiger partial charge in [0.1, 0.15) is 5.75 Å². The van der Waals surface area contributed by atoms with Gasteiger partial charge in [-0.25, -0.2) is 0 Å². The van der Waals surface area contributed by atoms with Crippen LogP contribution in [0.2, 0.25) is 0 Å². The largest absolute Gasteiger partial charge is 0.496 e. The molecule has 0 aliphatic carbocycles. The quantitative estimate of drug-likeness (QED) is 0.861. The molecule has 2 nitrogen and oxygen atoms in total. The molecule has 108 valence electrons. The van der Waals surface area contributed by atoms with E-state index in [9.17, 15) is 26.3 Å². The number of hydrogen-bond acceptors (Lipinski definition) is 2. The van der Waals surface area contributed by atoms with E-state index in [1.807, 2.05) is 0 Å². The highest BCUT2D eigenvalue weighted by Gasteiger charge is 2.34. The van der Waals surface area contributed by atoms with Gasteiger partial charge in [0.05, 0.1) is 19.1 Å². The maximum Gasteiger partial charge on any atom is 0.416 e. The molecule has 0 aliphatic heterocycles. The zero-order chi connectivity index (χ0) is 14.8. The molecule has 1 rings (SSSR count). The predicted molar refractivity (Wildman–Crippen MR) is 55.6 cm³/mol. The Morgan fingerprint density at radius 1 is 1.16 bits per heavy atom. The lowest BCUT2D eigenvalue weighted by atomic mass is 10.0. The van der Waals surface area contributed by atoms with E-state index in [0.717, 1.165) is 13.2 Å². The third-order valence-electron chi connectivity index (χ3n) is 2.41. The molecule has 0 radical (unpaired) electrons. The molecule has 0 fully saturated rings. The summed E-state index contributed by atoms with van der Waals surface area (Å²) in [5.74, 6) is -0.313. The van der Waals surface area contributed by atoms with Crippen LogP contribution >= 0.6 is 0 Å². The highest BCUT2D eigenvalue weighted by atomic mass is 19.4. The Hall–Kier alpha value is -1.44. The minimum Gasteiger partial charge on any atom is -0.496 e. The first-order valence-corrected chi connectivity index (χ1v) is 5.12. The van der Waals surface area contributed by atoms with Crippen LogP contribution < -0.4 is 10.5 Å². The number of nitrogens with two attached hydrogens (primary N) is 1. The van der Waals surface area contributed by atoms with Gasteiger partial charge in [0.2, 0.25) is 0 Å². The van der Waals surface area contributed by atoms with Crippen molar-refractivity contribution in [1.29, 1.82) is 0 Å². The zero-order valence-corrected chi connectivity index (χ0v) is 9.77. The molecular formula is C11H11F6NO. The van der Waals surface area contributed by atoms with Crippen LogP contribution in [-0.4, -0.2) is 13.3 Å². The fourth-order valence-electron chi connectivity index (χ4n) is 1.55. The number of methoxy groups -OCH3 is 1. The number of benzene rings is 1. The molecule has 0 saturated carbocycles. The van der Waals surface area contributed by atoms with Gasteiger partial charge in [0.15, 0.2) is 0 Å². The smallest absolute Gasteiger partial charge is 0.416 e. The predicted octanol–water partition coefficient (Wildman–Crippen LogP) is 3.67. The second-order valence-electron chi connectivity index (χ2n) is 3.88. The summed E-state index contributed by atoms with van der Waals surface area (Å²) in [6.07, 6.45) is -10.4. The van der Waals surface area contributed by atoms with Gasteiger partial charge in [0.25, 0.3) is 0 Å². The third kappa shape index (κ3) is 4.30. The number of hydrogen-bond donors (Lipinski definition) is 1. The second-order valence-corrected chi connectivity index (χ2v) is 3.88. The number of alkyl halides is 6. The van der Waals surface area contributed by atoms with Crippen molar-refractivity contribution < 1.29 is 31.1 Å². The van der Waals surface area contributed by atoms with Crippen LogP contribution in [0.1, 0.15) is 23.6 Å². The lowest BCUT2D eigenvalue weighted by Crippen LogP contribution is -2.21. The molecule has 1 aromatic rings. The molecule has 0 amide bonds. The van der Waals surface area contributed by atoms with Gasteiger partial charge >= 0.3 is 12.4 Å². The molecule has 8 heteroatoms. The third-order valence-corrected chi connectivity index (χ3v) is 2.41.